The minimum atomic E-state index is -4.36. The van der Waals surface area contributed by atoms with Gasteiger partial charge in [-0.05, 0) is 60.9 Å². The van der Waals surface area contributed by atoms with Gasteiger partial charge in [-0.15, -0.1) is 0 Å². The molecule has 1 atom stereocenters. The second-order valence-corrected chi connectivity index (χ2v) is 8.45. The van der Waals surface area contributed by atoms with Gasteiger partial charge >= 0.3 is 6.18 Å². The number of hydrogen-bond donors (Lipinski definition) is 0. The molecule has 7 heteroatoms. The molecule has 0 amide bonds. The molecule has 0 N–H and O–H groups in total. The van der Waals surface area contributed by atoms with Gasteiger partial charge in [0.15, 0.2) is 0 Å². The predicted molar refractivity (Wildman–Crippen MR) is 115 cm³/mol. The maximum Gasteiger partial charge on any atom is 0.416 e. The molecule has 0 aliphatic rings. The molecule has 0 aliphatic carbocycles. The van der Waals surface area contributed by atoms with Crippen molar-refractivity contribution in [3.8, 4) is 0 Å². The van der Waals surface area contributed by atoms with Crippen LogP contribution in [0.15, 0.2) is 60.8 Å². The predicted octanol–water partition coefficient (Wildman–Crippen LogP) is 6.88. The van der Waals surface area contributed by atoms with Crippen molar-refractivity contribution in [3.63, 3.8) is 0 Å². The van der Waals surface area contributed by atoms with E-state index < -0.39 is 23.4 Å². The van der Waals surface area contributed by atoms with E-state index >= 15 is 0 Å². The van der Waals surface area contributed by atoms with Gasteiger partial charge in [0.2, 0.25) is 0 Å². The highest BCUT2D eigenvalue weighted by atomic mass is 19.4. The Labute approximate surface area is 185 Å². The average molecular weight is 450 g/mol. The van der Waals surface area contributed by atoms with Crippen molar-refractivity contribution in [2.24, 2.45) is 5.92 Å². The van der Waals surface area contributed by atoms with Crippen LogP contribution >= 0.6 is 0 Å². The Balaban J connectivity index is 1.80. The molecule has 3 aromatic rings. The summed E-state index contributed by atoms with van der Waals surface area (Å²) in [4.78, 5) is 2.08. The first-order valence-corrected chi connectivity index (χ1v) is 10.5. The molecule has 0 unspecified atom stereocenters. The van der Waals surface area contributed by atoms with Crippen LogP contribution in [-0.2, 0) is 25.8 Å². The Kier molecular flexibility index (Phi) is 7.39. The quantitative estimate of drug-likeness (QED) is 0.340. The van der Waals surface area contributed by atoms with E-state index in [0.29, 0.717) is 18.7 Å². The zero-order valence-electron chi connectivity index (χ0n) is 18.3. The van der Waals surface area contributed by atoms with Gasteiger partial charge in [-0.1, -0.05) is 26.0 Å². The first-order chi connectivity index (χ1) is 15.0. The first-order valence-electron chi connectivity index (χ1n) is 10.5. The van der Waals surface area contributed by atoms with Gasteiger partial charge in [0.1, 0.15) is 11.6 Å². The average Bonchev–Trinajstić information content (AvgIpc) is 3.15. The van der Waals surface area contributed by atoms with Gasteiger partial charge in [0, 0.05) is 43.1 Å². The molecule has 0 saturated carbocycles. The Morgan fingerprint density at radius 1 is 0.906 bits per heavy atom. The second kappa shape index (κ2) is 9.86. The SMILES string of the molecule is CC(C)[C@@H](C)N(Cc1cc(F)ccc1F)Cc1cccn1Cc1ccc(C(F)(F)F)cc1. The van der Waals surface area contributed by atoms with Crippen LogP contribution in [0.25, 0.3) is 0 Å². The van der Waals surface area contributed by atoms with Crippen molar-refractivity contribution in [1.29, 1.82) is 0 Å². The zero-order chi connectivity index (χ0) is 23.5. The number of benzene rings is 2. The number of aromatic nitrogens is 1. The smallest absolute Gasteiger partial charge is 0.346 e. The highest BCUT2D eigenvalue weighted by Crippen LogP contribution is 2.29. The van der Waals surface area contributed by atoms with E-state index in [1.165, 1.54) is 18.2 Å². The summed E-state index contributed by atoms with van der Waals surface area (Å²) in [5, 5.41) is 0. The van der Waals surface area contributed by atoms with Gasteiger partial charge in [-0.3, -0.25) is 4.90 Å². The van der Waals surface area contributed by atoms with Crippen molar-refractivity contribution < 1.29 is 22.0 Å². The fourth-order valence-corrected chi connectivity index (χ4v) is 3.60. The summed E-state index contributed by atoms with van der Waals surface area (Å²) in [5.74, 6) is -0.651. The van der Waals surface area contributed by atoms with E-state index in [4.69, 9.17) is 0 Å². The summed E-state index contributed by atoms with van der Waals surface area (Å²) in [6.07, 6.45) is -2.50. The summed E-state index contributed by atoms with van der Waals surface area (Å²) < 4.78 is 68.4. The van der Waals surface area contributed by atoms with Crippen LogP contribution < -0.4 is 0 Å². The van der Waals surface area contributed by atoms with E-state index in [9.17, 15) is 22.0 Å². The molecule has 172 valence electrons. The fraction of sp³-hybridized carbons (Fsp3) is 0.360. The maximum absolute atomic E-state index is 14.3. The van der Waals surface area contributed by atoms with E-state index in [-0.39, 0.29) is 18.5 Å². The standard InChI is InChI=1S/C25H27F5N2/c1-17(2)18(3)32(15-20-13-22(26)10-11-24(20)27)16-23-5-4-12-31(23)14-19-6-8-21(9-7-19)25(28,29)30/h4-13,17-18H,14-16H2,1-3H3/t18-/m1/s1. The van der Waals surface area contributed by atoms with Crippen molar-refractivity contribution in [3.05, 3.63) is 94.8 Å². The lowest BCUT2D eigenvalue weighted by Crippen LogP contribution is -2.36. The number of alkyl halides is 3. The summed E-state index contributed by atoms with van der Waals surface area (Å²) in [5.41, 5.74) is 1.30. The topological polar surface area (TPSA) is 8.17 Å². The van der Waals surface area contributed by atoms with Gasteiger partial charge in [0.25, 0.3) is 0 Å². The monoisotopic (exact) mass is 450 g/mol. The molecule has 0 radical (unpaired) electrons. The normalized spacial score (nSPS) is 13.2. The highest BCUT2D eigenvalue weighted by Gasteiger charge is 2.30. The zero-order valence-corrected chi connectivity index (χ0v) is 18.3. The third kappa shape index (κ3) is 5.97. The Hall–Kier alpha value is -2.67. The molecular weight excluding hydrogens is 423 g/mol. The van der Waals surface area contributed by atoms with E-state index in [2.05, 4.69) is 18.7 Å². The minimum Gasteiger partial charge on any atom is -0.346 e. The van der Waals surface area contributed by atoms with Crippen LogP contribution in [-0.4, -0.2) is 15.5 Å². The molecule has 1 aromatic heterocycles. The van der Waals surface area contributed by atoms with Gasteiger partial charge in [-0.25, -0.2) is 8.78 Å². The third-order valence-electron chi connectivity index (χ3n) is 5.84. The first kappa shape index (κ1) is 24.0. The summed E-state index contributed by atoms with van der Waals surface area (Å²) in [7, 11) is 0. The van der Waals surface area contributed by atoms with Gasteiger partial charge < -0.3 is 4.57 Å². The van der Waals surface area contributed by atoms with Crippen LogP contribution in [0.4, 0.5) is 22.0 Å². The van der Waals surface area contributed by atoms with Crippen LogP contribution in [0.1, 0.15) is 43.2 Å². The number of rotatable bonds is 8. The lowest BCUT2D eigenvalue weighted by Gasteiger charge is -2.32. The number of halogens is 5. The van der Waals surface area contributed by atoms with Gasteiger partial charge in [0.05, 0.1) is 5.56 Å². The molecule has 0 bridgehead atoms. The summed E-state index contributed by atoms with van der Waals surface area (Å²) in [6.45, 7) is 7.34. The van der Waals surface area contributed by atoms with Crippen molar-refractivity contribution in [2.45, 2.75) is 52.6 Å². The molecule has 0 saturated heterocycles. The highest BCUT2D eigenvalue weighted by molar-refractivity contribution is 5.25. The molecule has 32 heavy (non-hydrogen) atoms. The lowest BCUT2D eigenvalue weighted by molar-refractivity contribution is -0.137. The molecule has 0 fully saturated rings. The summed E-state index contributed by atoms with van der Waals surface area (Å²) >= 11 is 0. The number of hydrogen-bond acceptors (Lipinski definition) is 1. The minimum absolute atomic E-state index is 0.0899. The molecule has 0 spiro atoms. The fourth-order valence-electron chi connectivity index (χ4n) is 3.60. The van der Waals surface area contributed by atoms with Crippen LogP contribution in [0, 0.1) is 17.6 Å². The molecular formula is C25H27F5N2. The van der Waals surface area contributed by atoms with Crippen molar-refractivity contribution >= 4 is 0 Å². The van der Waals surface area contributed by atoms with Crippen LogP contribution in [0.3, 0.4) is 0 Å². The van der Waals surface area contributed by atoms with Gasteiger partial charge in [-0.2, -0.15) is 13.2 Å². The third-order valence-corrected chi connectivity index (χ3v) is 5.84. The summed E-state index contributed by atoms with van der Waals surface area (Å²) in [6, 6.07) is 12.5. The Bertz CT molecular complexity index is 1020. The maximum atomic E-state index is 14.3. The Morgan fingerprint density at radius 2 is 1.59 bits per heavy atom. The largest absolute Gasteiger partial charge is 0.416 e. The van der Waals surface area contributed by atoms with Crippen molar-refractivity contribution in [2.75, 3.05) is 0 Å². The van der Waals surface area contributed by atoms with E-state index in [0.717, 1.165) is 35.5 Å². The van der Waals surface area contributed by atoms with E-state index in [1.54, 1.807) is 0 Å². The van der Waals surface area contributed by atoms with Crippen LogP contribution in [0.2, 0.25) is 0 Å². The Morgan fingerprint density at radius 3 is 2.22 bits per heavy atom. The van der Waals surface area contributed by atoms with Crippen LogP contribution in [0.5, 0.6) is 0 Å². The molecule has 3 rings (SSSR count). The molecule has 2 nitrogen and oxygen atoms in total. The molecule has 1 heterocycles. The molecule has 2 aromatic carbocycles. The molecule has 0 aliphatic heterocycles. The van der Waals surface area contributed by atoms with E-state index in [1.807, 2.05) is 29.8 Å². The lowest BCUT2D eigenvalue weighted by atomic mass is 10.0. The number of nitrogens with zero attached hydrogens (tertiary/aromatic N) is 2. The van der Waals surface area contributed by atoms with Crippen molar-refractivity contribution in [1.82, 2.24) is 9.47 Å². The second-order valence-electron chi connectivity index (χ2n) is 8.45.